The standard InChI is InChI=1S/C21H18Cl2F2N2/c1-12(14-8-18(24)19(25)9-17(14)23)10-27-20-4-3-13(22)7-15(20)16-11-26(2)6-5-21(16)27/h3-4,7-10H,5-6,11H2,1-2H3/b12-10-. The largest absolute Gasteiger partial charge is 0.320 e. The summed E-state index contributed by atoms with van der Waals surface area (Å²) >= 11 is 12.4. The Morgan fingerprint density at radius 1 is 1.11 bits per heavy atom. The molecule has 2 heterocycles. The lowest BCUT2D eigenvalue weighted by Gasteiger charge is -2.23. The van der Waals surface area contributed by atoms with Gasteiger partial charge in [0.25, 0.3) is 0 Å². The molecule has 27 heavy (non-hydrogen) atoms. The van der Waals surface area contributed by atoms with E-state index in [1.165, 1.54) is 11.3 Å². The molecule has 0 saturated carbocycles. The van der Waals surface area contributed by atoms with Crippen molar-refractivity contribution in [2.24, 2.45) is 0 Å². The molecule has 0 unspecified atom stereocenters. The van der Waals surface area contributed by atoms with Gasteiger partial charge in [0.05, 0.1) is 10.5 Å². The summed E-state index contributed by atoms with van der Waals surface area (Å²) in [4.78, 5) is 2.27. The number of hydrogen-bond donors (Lipinski definition) is 0. The first-order valence-electron chi connectivity index (χ1n) is 8.68. The second kappa shape index (κ2) is 6.93. The van der Waals surface area contributed by atoms with E-state index in [-0.39, 0.29) is 5.02 Å². The SMILES string of the molecule is C/C(=C/n1c2c(c3cc(Cl)ccc31)CN(C)CC2)c1cc(F)c(F)cc1Cl. The van der Waals surface area contributed by atoms with E-state index in [4.69, 9.17) is 23.2 Å². The fourth-order valence-electron chi connectivity index (χ4n) is 3.74. The smallest absolute Gasteiger partial charge is 0.160 e. The van der Waals surface area contributed by atoms with E-state index in [1.54, 1.807) is 0 Å². The van der Waals surface area contributed by atoms with Crippen LogP contribution in [0.5, 0.6) is 0 Å². The van der Waals surface area contributed by atoms with Gasteiger partial charge in [0.1, 0.15) is 0 Å². The molecule has 140 valence electrons. The van der Waals surface area contributed by atoms with Gasteiger partial charge in [-0.1, -0.05) is 23.2 Å². The maximum Gasteiger partial charge on any atom is 0.160 e. The highest BCUT2D eigenvalue weighted by Gasteiger charge is 2.22. The molecule has 0 radical (unpaired) electrons. The Hall–Kier alpha value is -1.88. The number of likely N-dealkylation sites (N-methyl/N-ethyl adjacent to an activating group) is 1. The Labute approximate surface area is 166 Å². The zero-order chi connectivity index (χ0) is 19.3. The molecule has 1 aliphatic rings. The van der Waals surface area contributed by atoms with E-state index in [0.717, 1.165) is 48.1 Å². The second-order valence-corrected chi connectivity index (χ2v) is 7.85. The lowest BCUT2D eigenvalue weighted by Crippen LogP contribution is -2.26. The van der Waals surface area contributed by atoms with E-state index in [0.29, 0.717) is 10.6 Å². The molecule has 0 fully saturated rings. The highest BCUT2D eigenvalue weighted by Crippen LogP contribution is 2.34. The van der Waals surface area contributed by atoms with Crippen LogP contribution in [0.2, 0.25) is 10.0 Å². The van der Waals surface area contributed by atoms with Gasteiger partial charge in [-0.15, -0.1) is 0 Å². The van der Waals surface area contributed by atoms with Crippen LogP contribution in [0.25, 0.3) is 22.7 Å². The number of benzene rings is 2. The van der Waals surface area contributed by atoms with Crippen LogP contribution in [0.4, 0.5) is 8.78 Å². The third-order valence-corrected chi connectivity index (χ3v) is 5.65. The lowest BCUT2D eigenvalue weighted by atomic mass is 10.0. The number of rotatable bonds is 2. The van der Waals surface area contributed by atoms with Crippen LogP contribution in [0.15, 0.2) is 30.3 Å². The first kappa shape index (κ1) is 18.5. The quantitative estimate of drug-likeness (QED) is 0.457. The van der Waals surface area contributed by atoms with Crippen LogP contribution in [0.3, 0.4) is 0 Å². The molecule has 0 spiro atoms. The molecule has 0 saturated heterocycles. The molecular formula is C21H18Cl2F2N2. The van der Waals surface area contributed by atoms with Gasteiger partial charge >= 0.3 is 0 Å². The molecule has 2 aromatic carbocycles. The minimum absolute atomic E-state index is 0.191. The zero-order valence-electron chi connectivity index (χ0n) is 15.0. The number of fused-ring (bicyclic) bond motifs is 3. The van der Waals surface area contributed by atoms with E-state index < -0.39 is 11.6 Å². The van der Waals surface area contributed by atoms with Crippen LogP contribution >= 0.6 is 23.2 Å². The first-order chi connectivity index (χ1) is 12.8. The Balaban J connectivity index is 1.92. The van der Waals surface area contributed by atoms with Gasteiger partial charge in [0.2, 0.25) is 0 Å². The molecule has 2 nitrogen and oxygen atoms in total. The van der Waals surface area contributed by atoms with Crippen LogP contribution in [0, 0.1) is 11.6 Å². The van der Waals surface area contributed by atoms with Crippen molar-refractivity contribution in [1.29, 1.82) is 0 Å². The molecule has 0 atom stereocenters. The van der Waals surface area contributed by atoms with Gasteiger partial charge in [-0.3, -0.25) is 0 Å². The van der Waals surface area contributed by atoms with Gasteiger partial charge in [-0.05, 0) is 55.4 Å². The van der Waals surface area contributed by atoms with E-state index in [9.17, 15) is 8.78 Å². The highest BCUT2D eigenvalue weighted by atomic mass is 35.5. The molecule has 0 amide bonds. The van der Waals surface area contributed by atoms with E-state index in [1.807, 2.05) is 31.3 Å². The number of aromatic nitrogens is 1. The third-order valence-electron chi connectivity index (χ3n) is 5.10. The summed E-state index contributed by atoms with van der Waals surface area (Å²) in [5.74, 6) is -1.85. The average molecular weight is 407 g/mol. The summed E-state index contributed by atoms with van der Waals surface area (Å²) in [5, 5.41) is 2.00. The predicted molar refractivity (Wildman–Crippen MR) is 108 cm³/mol. The lowest BCUT2D eigenvalue weighted by molar-refractivity contribution is 0.312. The van der Waals surface area contributed by atoms with E-state index >= 15 is 0 Å². The Bertz CT molecular complexity index is 1090. The van der Waals surface area contributed by atoms with Crippen LogP contribution in [-0.4, -0.2) is 23.1 Å². The molecule has 1 aliphatic heterocycles. The topological polar surface area (TPSA) is 8.17 Å². The van der Waals surface area contributed by atoms with Crippen LogP contribution in [0.1, 0.15) is 23.7 Å². The van der Waals surface area contributed by atoms with Crippen molar-refractivity contribution in [3.8, 4) is 0 Å². The normalized spacial score (nSPS) is 15.4. The van der Waals surface area contributed by atoms with Crippen LogP contribution in [-0.2, 0) is 13.0 Å². The summed E-state index contributed by atoms with van der Waals surface area (Å²) in [6.45, 7) is 3.65. The van der Waals surface area contributed by atoms with Gasteiger partial charge < -0.3 is 9.47 Å². The van der Waals surface area contributed by atoms with Crippen molar-refractivity contribution in [2.75, 3.05) is 13.6 Å². The van der Waals surface area contributed by atoms with E-state index in [2.05, 4.69) is 16.5 Å². The molecule has 4 rings (SSSR count). The molecule has 0 bridgehead atoms. The fourth-order valence-corrected chi connectivity index (χ4v) is 4.21. The van der Waals surface area contributed by atoms with Gasteiger partial charge in [-0.25, -0.2) is 8.78 Å². The third kappa shape index (κ3) is 3.27. The Morgan fingerprint density at radius 3 is 2.63 bits per heavy atom. The highest BCUT2D eigenvalue weighted by molar-refractivity contribution is 6.32. The molecular weight excluding hydrogens is 389 g/mol. The number of halogens is 4. The molecule has 1 aromatic heterocycles. The zero-order valence-corrected chi connectivity index (χ0v) is 16.5. The Morgan fingerprint density at radius 2 is 1.85 bits per heavy atom. The van der Waals surface area contributed by atoms with Crippen molar-refractivity contribution in [1.82, 2.24) is 9.47 Å². The molecule has 0 N–H and O–H groups in total. The summed E-state index contributed by atoms with van der Waals surface area (Å²) < 4.78 is 29.3. The fraction of sp³-hybridized carbons (Fsp3) is 0.238. The van der Waals surface area contributed by atoms with Gasteiger partial charge in [0.15, 0.2) is 11.6 Å². The maximum absolute atomic E-state index is 13.7. The molecule has 0 aliphatic carbocycles. The monoisotopic (exact) mass is 406 g/mol. The van der Waals surface area contributed by atoms with Crippen molar-refractivity contribution in [3.63, 3.8) is 0 Å². The first-order valence-corrected chi connectivity index (χ1v) is 9.44. The van der Waals surface area contributed by atoms with Crippen molar-refractivity contribution < 1.29 is 8.78 Å². The number of hydrogen-bond acceptors (Lipinski definition) is 1. The van der Waals surface area contributed by atoms with Crippen molar-refractivity contribution >= 4 is 45.9 Å². The van der Waals surface area contributed by atoms with Crippen molar-refractivity contribution in [2.45, 2.75) is 19.9 Å². The maximum atomic E-state index is 13.7. The number of nitrogens with zero attached hydrogens (tertiary/aromatic N) is 2. The summed E-state index contributed by atoms with van der Waals surface area (Å²) in [7, 11) is 2.10. The minimum atomic E-state index is -0.946. The van der Waals surface area contributed by atoms with Gasteiger partial charge in [0, 0.05) is 47.4 Å². The minimum Gasteiger partial charge on any atom is -0.320 e. The summed E-state index contributed by atoms with van der Waals surface area (Å²) in [6, 6.07) is 8.00. The summed E-state index contributed by atoms with van der Waals surface area (Å²) in [5.41, 5.74) is 4.74. The number of allylic oxidation sites excluding steroid dienone is 1. The van der Waals surface area contributed by atoms with Gasteiger partial charge in [-0.2, -0.15) is 0 Å². The predicted octanol–water partition coefficient (Wildman–Crippen LogP) is 6.23. The van der Waals surface area contributed by atoms with Crippen molar-refractivity contribution in [3.05, 3.63) is 68.8 Å². The van der Waals surface area contributed by atoms with Crippen LogP contribution < -0.4 is 0 Å². The molecule has 6 heteroatoms. The molecule has 3 aromatic rings. The Kier molecular flexibility index (Phi) is 4.75. The average Bonchev–Trinajstić information content (AvgIpc) is 2.90. The second-order valence-electron chi connectivity index (χ2n) is 7.00. The summed E-state index contributed by atoms with van der Waals surface area (Å²) in [6.07, 6.45) is 2.84.